The topological polar surface area (TPSA) is 80.3 Å². The van der Waals surface area contributed by atoms with E-state index in [1.54, 1.807) is 6.20 Å². The Morgan fingerprint density at radius 3 is 2.89 bits per heavy atom. The number of nitrogens with one attached hydrogen (secondary N) is 2. The van der Waals surface area contributed by atoms with Gasteiger partial charge in [0, 0.05) is 30.2 Å². The summed E-state index contributed by atoms with van der Waals surface area (Å²) in [6.45, 7) is 0.610. The summed E-state index contributed by atoms with van der Waals surface area (Å²) >= 11 is 0. The number of fused-ring (bicyclic) bond motifs is 2. The van der Waals surface area contributed by atoms with Crippen LogP contribution in [0.25, 0.3) is 16.9 Å². The lowest BCUT2D eigenvalue weighted by molar-refractivity contribution is 0.741. The first-order valence-corrected chi connectivity index (χ1v) is 9.55. The number of imidazole rings is 1. The van der Waals surface area contributed by atoms with Gasteiger partial charge in [-0.05, 0) is 54.2 Å². The molecule has 5 rings (SSSR count). The SMILES string of the molecule is NNCc1cccc(Nc2nccn3c(-c4ccc5c(c4)CCC5)cnc23)c1. The van der Waals surface area contributed by atoms with E-state index in [1.807, 2.05) is 30.6 Å². The Labute approximate surface area is 163 Å². The molecule has 140 valence electrons. The van der Waals surface area contributed by atoms with Crippen molar-refractivity contribution in [3.63, 3.8) is 0 Å². The van der Waals surface area contributed by atoms with Crippen LogP contribution in [0.3, 0.4) is 0 Å². The summed E-state index contributed by atoms with van der Waals surface area (Å²) in [6.07, 6.45) is 9.31. The summed E-state index contributed by atoms with van der Waals surface area (Å²) in [6, 6.07) is 14.9. The second-order valence-corrected chi connectivity index (χ2v) is 7.16. The van der Waals surface area contributed by atoms with Gasteiger partial charge < -0.3 is 5.32 Å². The second-order valence-electron chi connectivity index (χ2n) is 7.16. The molecule has 4 aromatic rings. The van der Waals surface area contributed by atoms with Crippen LogP contribution in [0.1, 0.15) is 23.1 Å². The molecule has 0 spiro atoms. The number of aryl methyl sites for hydroxylation is 2. The molecule has 1 aliphatic carbocycles. The normalized spacial score (nSPS) is 13.0. The van der Waals surface area contributed by atoms with Crippen LogP contribution in [0.15, 0.2) is 61.1 Å². The average Bonchev–Trinajstić information content (AvgIpc) is 3.35. The highest BCUT2D eigenvalue weighted by molar-refractivity contribution is 5.74. The molecular formula is C22H22N6. The number of hydrazine groups is 1. The van der Waals surface area contributed by atoms with Crippen molar-refractivity contribution in [3.05, 3.63) is 77.7 Å². The number of hydrogen-bond donors (Lipinski definition) is 3. The molecule has 6 nitrogen and oxygen atoms in total. The maximum Gasteiger partial charge on any atom is 0.180 e. The maximum atomic E-state index is 5.43. The van der Waals surface area contributed by atoms with E-state index in [9.17, 15) is 0 Å². The van der Waals surface area contributed by atoms with E-state index in [0.717, 1.165) is 28.4 Å². The molecule has 1 aliphatic rings. The lowest BCUT2D eigenvalue weighted by Crippen LogP contribution is -2.20. The van der Waals surface area contributed by atoms with Gasteiger partial charge in [0.2, 0.25) is 0 Å². The lowest BCUT2D eigenvalue weighted by atomic mass is 10.0. The number of nitrogens with two attached hydrogens (primary N) is 1. The van der Waals surface area contributed by atoms with Gasteiger partial charge in [0.1, 0.15) is 0 Å². The van der Waals surface area contributed by atoms with Gasteiger partial charge in [-0.15, -0.1) is 0 Å². The van der Waals surface area contributed by atoms with Gasteiger partial charge in [-0.3, -0.25) is 15.7 Å². The Morgan fingerprint density at radius 2 is 1.96 bits per heavy atom. The van der Waals surface area contributed by atoms with E-state index in [2.05, 4.69) is 49.4 Å². The Kier molecular flexibility index (Phi) is 4.27. The number of hydrogen-bond acceptors (Lipinski definition) is 5. The van der Waals surface area contributed by atoms with Crippen LogP contribution in [-0.2, 0) is 19.4 Å². The molecule has 0 fully saturated rings. The van der Waals surface area contributed by atoms with Gasteiger partial charge in [0.15, 0.2) is 11.5 Å². The highest BCUT2D eigenvalue weighted by atomic mass is 15.2. The molecule has 0 unspecified atom stereocenters. The van der Waals surface area contributed by atoms with Crippen molar-refractivity contribution >= 4 is 17.2 Å². The quantitative estimate of drug-likeness (QED) is 0.369. The molecule has 0 amide bonds. The Morgan fingerprint density at radius 1 is 1.04 bits per heavy atom. The third kappa shape index (κ3) is 3.02. The lowest BCUT2D eigenvalue weighted by Gasteiger charge is -2.10. The van der Waals surface area contributed by atoms with Crippen LogP contribution in [-0.4, -0.2) is 14.4 Å². The molecule has 0 aliphatic heterocycles. The van der Waals surface area contributed by atoms with Crippen molar-refractivity contribution in [1.82, 2.24) is 19.8 Å². The van der Waals surface area contributed by atoms with Crippen LogP contribution >= 0.6 is 0 Å². The minimum absolute atomic E-state index is 0.610. The molecule has 4 N–H and O–H groups in total. The molecule has 0 radical (unpaired) electrons. The standard InChI is InChI=1S/C22H22N6/c23-26-13-15-3-1-6-19(11-15)27-21-22-25-14-20(28(22)10-9-24-21)18-8-7-16-4-2-5-17(16)12-18/h1,3,6-12,14,26H,2,4-5,13,23H2,(H,24,27). The number of rotatable bonds is 5. The largest absolute Gasteiger partial charge is 0.337 e. The van der Waals surface area contributed by atoms with Crippen molar-refractivity contribution in [3.8, 4) is 11.3 Å². The number of benzene rings is 2. The maximum absolute atomic E-state index is 5.43. The van der Waals surface area contributed by atoms with Crippen LogP contribution in [0.2, 0.25) is 0 Å². The molecule has 2 aromatic heterocycles. The van der Waals surface area contributed by atoms with Gasteiger partial charge in [0.05, 0.1) is 11.9 Å². The van der Waals surface area contributed by atoms with Crippen molar-refractivity contribution in [2.24, 2.45) is 5.84 Å². The molecule has 0 atom stereocenters. The summed E-state index contributed by atoms with van der Waals surface area (Å²) in [7, 11) is 0. The average molecular weight is 370 g/mol. The Balaban J connectivity index is 1.51. The minimum Gasteiger partial charge on any atom is -0.337 e. The van der Waals surface area contributed by atoms with Gasteiger partial charge in [-0.1, -0.05) is 24.3 Å². The van der Waals surface area contributed by atoms with E-state index >= 15 is 0 Å². The van der Waals surface area contributed by atoms with Crippen LogP contribution in [0.4, 0.5) is 11.5 Å². The summed E-state index contributed by atoms with van der Waals surface area (Å²) < 4.78 is 2.09. The predicted octanol–water partition coefficient (Wildman–Crippen LogP) is 3.59. The van der Waals surface area contributed by atoms with Gasteiger partial charge in [-0.2, -0.15) is 0 Å². The number of aromatic nitrogens is 3. The smallest absolute Gasteiger partial charge is 0.180 e. The predicted molar refractivity (Wildman–Crippen MR) is 111 cm³/mol. The zero-order valence-electron chi connectivity index (χ0n) is 15.5. The van der Waals surface area contributed by atoms with Crippen molar-refractivity contribution < 1.29 is 0 Å². The number of nitrogens with zero attached hydrogens (tertiary/aromatic N) is 3. The number of anilines is 2. The van der Waals surface area contributed by atoms with Crippen LogP contribution < -0.4 is 16.6 Å². The van der Waals surface area contributed by atoms with Gasteiger partial charge in [0.25, 0.3) is 0 Å². The Hall–Kier alpha value is -3.22. The molecule has 0 bridgehead atoms. The summed E-state index contributed by atoms with van der Waals surface area (Å²) in [5, 5.41) is 3.39. The summed E-state index contributed by atoms with van der Waals surface area (Å²) in [5.74, 6) is 6.16. The zero-order valence-corrected chi connectivity index (χ0v) is 15.5. The first-order chi connectivity index (χ1) is 13.8. The highest BCUT2D eigenvalue weighted by Crippen LogP contribution is 2.30. The third-order valence-corrected chi connectivity index (χ3v) is 5.32. The van der Waals surface area contributed by atoms with E-state index in [0.29, 0.717) is 6.54 Å². The molecule has 0 saturated carbocycles. The first-order valence-electron chi connectivity index (χ1n) is 9.55. The molecular weight excluding hydrogens is 348 g/mol. The van der Waals surface area contributed by atoms with Crippen LogP contribution in [0, 0.1) is 0 Å². The van der Waals surface area contributed by atoms with Crippen molar-refractivity contribution in [1.29, 1.82) is 0 Å². The molecule has 6 heteroatoms. The molecule has 28 heavy (non-hydrogen) atoms. The van der Waals surface area contributed by atoms with Crippen molar-refractivity contribution in [2.75, 3.05) is 5.32 Å². The molecule has 2 aromatic carbocycles. The Bertz CT molecular complexity index is 1150. The monoisotopic (exact) mass is 370 g/mol. The summed E-state index contributed by atoms with van der Waals surface area (Å²) in [4.78, 5) is 9.16. The van der Waals surface area contributed by atoms with Gasteiger partial charge >= 0.3 is 0 Å². The molecule has 2 heterocycles. The first kappa shape index (κ1) is 16.9. The van der Waals surface area contributed by atoms with E-state index in [-0.39, 0.29) is 0 Å². The zero-order chi connectivity index (χ0) is 18.9. The highest BCUT2D eigenvalue weighted by Gasteiger charge is 2.15. The minimum atomic E-state index is 0.610. The van der Waals surface area contributed by atoms with E-state index in [1.165, 1.54) is 36.0 Å². The van der Waals surface area contributed by atoms with Crippen LogP contribution in [0.5, 0.6) is 0 Å². The van der Waals surface area contributed by atoms with Gasteiger partial charge in [-0.25, -0.2) is 9.97 Å². The fourth-order valence-electron chi connectivity index (χ4n) is 3.97. The fraction of sp³-hybridized carbons (Fsp3) is 0.182. The summed E-state index contributed by atoms with van der Waals surface area (Å²) in [5.41, 5.74) is 10.8. The van der Waals surface area contributed by atoms with E-state index in [4.69, 9.17) is 5.84 Å². The fourth-order valence-corrected chi connectivity index (χ4v) is 3.97. The molecule has 0 saturated heterocycles. The second kappa shape index (κ2) is 7.07. The van der Waals surface area contributed by atoms with Crippen molar-refractivity contribution in [2.45, 2.75) is 25.8 Å². The van der Waals surface area contributed by atoms with E-state index < -0.39 is 0 Å². The third-order valence-electron chi connectivity index (χ3n) is 5.32.